The third-order valence-corrected chi connectivity index (χ3v) is 3.71. The molecule has 0 aromatic heterocycles. The van der Waals surface area contributed by atoms with Gasteiger partial charge in [0.15, 0.2) is 0 Å². The van der Waals surface area contributed by atoms with Crippen molar-refractivity contribution in [2.45, 2.75) is 32.9 Å². The molecule has 0 fully saturated rings. The Balaban J connectivity index is 1.98. The molecule has 0 radical (unpaired) electrons. The number of hydrogen-bond acceptors (Lipinski definition) is 2. The summed E-state index contributed by atoms with van der Waals surface area (Å²) in [6.07, 6.45) is 1.08. The van der Waals surface area contributed by atoms with Crippen molar-refractivity contribution in [3.63, 3.8) is 0 Å². The van der Waals surface area contributed by atoms with E-state index < -0.39 is 0 Å². The van der Waals surface area contributed by atoms with Crippen molar-refractivity contribution in [3.8, 4) is 5.75 Å². The molecule has 20 heavy (non-hydrogen) atoms. The van der Waals surface area contributed by atoms with Gasteiger partial charge in [0.05, 0.1) is 7.11 Å². The zero-order valence-corrected chi connectivity index (χ0v) is 12.5. The minimum absolute atomic E-state index is 0.325. The summed E-state index contributed by atoms with van der Waals surface area (Å²) >= 11 is 0. The Hall–Kier alpha value is -1.80. The van der Waals surface area contributed by atoms with Crippen LogP contribution >= 0.6 is 0 Å². The van der Waals surface area contributed by atoms with Gasteiger partial charge < -0.3 is 10.1 Å². The summed E-state index contributed by atoms with van der Waals surface area (Å²) < 4.78 is 5.19. The smallest absolute Gasteiger partial charge is 0.118 e. The first-order chi connectivity index (χ1) is 9.74. The van der Waals surface area contributed by atoms with Crippen LogP contribution < -0.4 is 10.1 Å². The van der Waals surface area contributed by atoms with Gasteiger partial charge in [-0.1, -0.05) is 43.3 Å². The van der Waals surface area contributed by atoms with E-state index in [0.29, 0.717) is 6.04 Å². The molecule has 0 aliphatic rings. The number of methoxy groups -OCH3 is 1. The van der Waals surface area contributed by atoms with E-state index in [2.05, 4.69) is 55.6 Å². The predicted molar refractivity (Wildman–Crippen MR) is 84.1 cm³/mol. The van der Waals surface area contributed by atoms with Crippen molar-refractivity contribution >= 4 is 0 Å². The second kappa shape index (κ2) is 7.11. The van der Waals surface area contributed by atoms with Crippen molar-refractivity contribution in [1.29, 1.82) is 0 Å². The van der Waals surface area contributed by atoms with Gasteiger partial charge in [-0.25, -0.2) is 0 Å². The Morgan fingerprint density at radius 2 is 1.65 bits per heavy atom. The average Bonchev–Trinajstić information content (AvgIpc) is 2.53. The fraction of sp³-hybridized carbons (Fsp3) is 0.333. The molecule has 0 aliphatic carbocycles. The molecule has 106 valence electrons. The van der Waals surface area contributed by atoms with Gasteiger partial charge in [-0.05, 0) is 42.2 Å². The van der Waals surface area contributed by atoms with Gasteiger partial charge in [0.1, 0.15) is 5.75 Å². The van der Waals surface area contributed by atoms with E-state index >= 15 is 0 Å². The van der Waals surface area contributed by atoms with Crippen LogP contribution in [-0.2, 0) is 13.0 Å². The molecular weight excluding hydrogens is 246 g/mol. The van der Waals surface area contributed by atoms with E-state index in [0.717, 1.165) is 18.7 Å². The van der Waals surface area contributed by atoms with E-state index in [1.807, 2.05) is 12.1 Å². The van der Waals surface area contributed by atoms with Gasteiger partial charge in [-0.3, -0.25) is 0 Å². The minimum Gasteiger partial charge on any atom is -0.497 e. The van der Waals surface area contributed by atoms with E-state index in [1.165, 1.54) is 16.7 Å². The quantitative estimate of drug-likeness (QED) is 0.852. The molecule has 0 spiro atoms. The van der Waals surface area contributed by atoms with E-state index in [4.69, 9.17) is 4.74 Å². The third-order valence-electron chi connectivity index (χ3n) is 3.71. The lowest BCUT2D eigenvalue weighted by Gasteiger charge is -2.16. The highest BCUT2D eigenvalue weighted by atomic mass is 16.5. The molecule has 2 aromatic carbocycles. The lowest BCUT2D eigenvalue weighted by molar-refractivity contribution is 0.414. The number of nitrogens with one attached hydrogen (secondary N) is 1. The Kier molecular flexibility index (Phi) is 5.19. The summed E-state index contributed by atoms with van der Waals surface area (Å²) in [5.74, 6) is 0.900. The molecule has 0 aliphatic heterocycles. The maximum Gasteiger partial charge on any atom is 0.118 e. The van der Waals surface area contributed by atoms with Crippen molar-refractivity contribution in [1.82, 2.24) is 5.32 Å². The minimum atomic E-state index is 0.325. The lowest BCUT2D eigenvalue weighted by Crippen LogP contribution is -2.18. The monoisotopic (exact) mass is 269 g/mol. The van der Waals surface area contributed by atoms with Gasteiger partial charge in [0, 0.05) is 12.6 Å². The highest BCUT2D eigenvalue weighted by Gasteiger charge is 2.06. The number of aryl methyl sites for hydroxylation is 1. The molecule has 2 nitrogen and oxygen atoms in total. The van der Waals surface area contributed by atoms with Crippen LogP contribution in [-0.4, -0.2) is 7.11 Å². The first-order valence-electron chi connectivity index (χ1n) is 7.18. The van der Waals surface area contributed by atoms with Gasteiger partial charge in [-0.2, -0.15) is 0 Å². The van der Waals surface area contributed by atoms with Crippen molar-refractivity contribution in [3.05, 3.63) is 65.2 Å². The first-order valence-corrected chi connectivity index (χ1v) is 7.18. The fourth-order valence-corrected chi connectivity index (χ4v) is 2.35. The van der Waals surface area contributed by atoms with E-state index in [9.17, 15) is 0 Å². The largest absolute Gasteiger partial charge is 0.497 e. The topological polar surface area (TPSA) is 21.3 Å². The first kappa shape index (κ1) is 14.6. The van der Waals surface area contributed by atoms with Gasteiger partial charge in [0.25, 0.3) is 0 Å². The Morgan fingerprint density at radius 1 is 1.00 bits per heavy atom. The van der Waals surface area contributed by atoms with Crippen LogP contribution in [0.1, 0.15) is 36.6 Å². The standard InChI is InChI=1S/C18H23NO/c1-4-15-7-5-6-8-17(15)13-19-14(2)16-9-11-18(20-3)12-10-16/h5-12,14,19H,4,13H2,1-3H3. The van der Waals surface area contributed by atoms with Crippen LogP contribution in [0, 0.1) is 0 Å². The summed E-state index contributed by atoms with van der Waals surface area (Å²) in [5, 5.41) is 3.59. The predicted octanol–water partition coefficient (Wildman–Crippen LogP) is 4.11. The molecule has 2 heteroatoms. The maximum absolute atomic E-state index is 5.19. The number of hydrogen-bond donors (Lipinski definition) is 1. The van der Waals surface area contributed by atoms with Crippen LogP contribution in [0.2, 0.25) is 0 Å². The molecular formula is C18H23NO. The van der Waals surface area contributed by atoms with E-state index in [1.54, 1.807) is 7.11 Å². The van der Waals surface area contributed by atoms with Crippen LogP contribution in [0.15, 0.2) is 48.5 Å². The van der Waals surface area contributed by atoms with Crippen LogP contribution in [0.4, 0.5) is 0 Å². The van der Waals surface area contributed by atoms with Gasteiger partial charge in [0.2, 0.25) is 0 Å². The molecule has 0 saturated carbocycles. The zero-order valence-electron chi connectivity index (χ0n) is 12.5. The normalized spacial score (nSPS) is 12.2. The molecule has 1 N–H and O–H groups in total. The SMILES string of the molecule is CCc1ccccc1CNC(C)c1ccc(OC)cc1. The van der Waals surface area contributed by atoms with Crippen LogP contribution in [0.5, 0.6) is 5.75 Å². The fourth-order valence-electron chi connectivity index (χ4n) is 2.35. The maximum atomic E-state index is 5.19. The van der Waals surface area contributed by atoms with Crippen molar-refractivity contribution in [2.75, 3.05) is 7.11 Å². The summed E-state index contributed by atoms with van der Waals surface area (Å²) in [6.45, 7) is 5.29. The summed E-state index contributed by atoms with van der Waals surface area (Å²) in [7, 11) is 1.69. The van der Waals surface area contributed by atoms with Crippen molar-refractivity contribution in [2.24, 2.45) is 0 Å². The summed E-state index contributed by atoms with van der Waals surface area (Å²) in [5.41, 5.74) is 4.08. The summed E-state index contributed by atoms with van der Waals surface area (Å²) in [6, 6.07) is 17.2. The van der Waals surface area contributed by atoms with Crippen LogP contribution in [0.3, 0.4) is 0 Å². The molecule has 1 unspecified atom stereocenters. The van der Waals surface area contributed by atoms with Gasteiger partial charge in [-0.15, -0.1) is 0 Å². The zero-order chi connectivity index (χ0) is 14.4. The molecule has 0 amide bonds. The average molecular weight is 269 g/mol. The Bertz CT molecular complexity index is 533. The van der Waals surface area contributed by atoms with Crippen LogP contribution in [0.25, 0.3) is 0 Å². The van der Waals surface area contributed by atoms with Gasteiger partial charge >= 0.3 is 0 Å². The highest BCUT2D eigenvalue weighted by Crippen LogP contribution is 2.18. The number of ether oxygens (including phenoxy) is 1. The molecule has 0 bridgehead atoms. The lowest BCUT2D eigenvalue weighted by atomic mass is 10.0. The van der Waals surface area contributed by atoms with Crippen molar-refractivity contribution < 1.29 is 4.74 Å². The molecule has 2 rings (SSSR count). The number of benzene rings is 2. The molecule has 1 atom stereocenters. The number of rotatable bonds is 6. The Labute approximate surface area is 121 Å². The highest BCUT2D eigenvalue weighted by molar-refractivity contribution is 5.30. The third kappa shape index (κ3) is 3.61. The Morgan fingerprint density at radius 3 is 2.25 bits per heavy atom. The second-order valence-corrected chi connectivity index (χ2v) is 5.00. The molecule has 0 heterocycles. The molecule has 0 saturated heterocycles. The molecule has 2 aromatic rings. The summed E-state index contributed by atoms with van der Waals surface area (Å²) in [4.78, 5) is 0. The second-order valence-electron chi connectivity index (χ2n) is 5.00. The van der Waals surface area contributed by atoms with E-state index in [-0.39, 0.29) is 0 Å².